The molecule has 0 saturated heterocycles. The molecule has 0 fully saturated rings. The second-order valence-electron chi connectivity index (χ2n) is 3.40. The Labute approximate surface area is 109 Å². The van der Waals surface area contributed by atoms with Gasteiger partial charge in [-0.25, -0.2) is 0 Å². The number of aliphatic hydroxyl groups excluding tert-OH is 1. The minimum absolute atomic E-state index is 0.148. The Balaban J connectivity index is 2.02. The molecule has 0 aliphatic carbocycles. The minimum Gasteiger partial charge on any atom is -0.460 e. The van der Waals surface area contributed by atoms with Gasteiger partial charge in [0.2, 0.25) is 0 Å². The van der Waals surface area contributed by atoms with Gasteiger partial charge in [-0.2, -0.15) is 0 Å². The van der Waals surface area contributed by atoms with Gasteiger partial charge >= 0.3 is 0 Å². The summed E-state index contributed by atoms with van der Waals surface area (Å²) in [7, 11) is 0. The van der Waals surface area contributed by atoms with Gasteiger partial charge in [-0.3, -0.25) is 0 Å². The third-order valence-corrected chi connectivity index (χ3v) is 2.76. The second-order valence-corrected chi connectivity index (χ2v) is 4.25. The Morgan fingerprint density at radius 3 is 2.65 bits per heavy atom. The molecule has 3 nitrogen and oxygen atoms in total. The van der Waals surface area contributed by atoms with Crippen molar-refractivity contribution in [3.8, 4) is 5.95 Å². The van der Waals surface area contributed by atoms with E-state index in [0.29, 0.717) is 21.8 Å². The highest BCUT2D eigenvalue weighted by molar-refractivity contribution is 6.35. The van der Waals surface area contributed by atoms with E-state index in [2.05, 4.69) is 0 Å². The molecule has 2 aromatic rings. The van der Waals surface area contributed by atoms with Gasteiger partial charge in [-0.1, -0.05) is 29.3 Å². The maximum atomic E-state index is 8.83. The molecule has 2 rings (SSSR count). The molecule has 90 valence electrons. The predicted octanol–water partition coefficient (Wildman–Crippen LogP) is 3.66. The summed E-state index contributed by atoms with van der Waals surface area (Å²) >= 11 is 11.8. The molecule has 0 atom stereocenters. The van der Waals surface area contributed by atoms with Crippen LogP contribution < -0.4 is 4.74 Å². The molecule has 0 saturated carbocycles. The van der Waals surface area contributed by atoms with Crippen molar-refractivity contribution >= 4 is 23.2 Å². The molecule has 17 heavy (non-hydrogen) atoms. The van der Waals surface area contributed by atoms with Crippen LogP contribution >= 0.6 is 23.2 Å². The van der Waals surface area contributed by atoms with Crippen LogP contribution in [0.1, 0.15) is 11.3 Å². The molecule has 0 spiro atoms. The zero-order chi connectivity index (χ0) is 12.3. The van der Waals surface area contributed by atoms with E-state index in [9.17, 15) is 0 Å². The lowest BCUT2D eigenvalue weighted by Gasteiger charge is -2.05. The first kappa shape index (κ1) is 12.3. The maximum absolute atomic E-state index is 8.83. The summed E-state index contributed by atoms with van der Waals surface area (Å²) in [6, 6.07) is 8.49. The second kappa shape index (κ2) is 5.45. The fourth-order valence-corrected chi connectivity index (χ4v) is 1.77. The summed E-state index contributed by atoms with van der Waals surface area (Å²) in [5.41, 5.74) is 0.818. The lowest BCUT2D eigenvalue weighted by molar-refractivity contribution is 0.198. The van der Waals surface area contributed by atoms with Crippen LogP contribution in [0.5, 0.6) is 5.95 Å². The van der Waals surface area contributed by atoms with Crippen LogP contribution in [0.15, 0.2) is 34.7 Å². The molecular formula is C12H10Cl2O3. The van der Waals surface area contributed by atoms with Crippen molar-refractivity contribution in [1.82, 2.24) is 0 Å². The number of hydrogen-bond acceptors (Lipinski definition) is 3. The third-order valence-electron chi connectivity index (χ3n) is 2.18. The van der Waals surface area contributed by atoms with Crippen molar-refractivity contribution in [1.29, 1.82) is 0 Å². The van der Waals surface area contributed by atoms with E-state index in [1.807, 2.05) is 0 Å². The number of hydrogen-bond donors (Lipinski definition) is 1. The normalized spacial score (nSPS) is 10.5. The van der Waals surface area contributed by atoms with Gasteiger partial charge in [0, 0.05) is 21.7 Å². The Kier molecular flexibility index (Phi) is 3.94. The molecule has 0 aliphatic heterocycles. The molecule has 0 unspecified atom stereocenters. The molecule has 5 heteroatoms. The molecule has 0 amide bonds. The van der Waals surface area contributed by atoms with Crippen LogP contribution in [-0.2, 0) is 13.2 Å². The standard InChI is InChI=1S/C12H10Cl2O3/c13-9-2-1-8(11(14)5-9)7-16-12-4-3-10(6-15)17-12/h1-5,15H,6-7H2. The fourth-order valence-electron chi connectivity index (χ4n) is 1.31. The van der Waals surface area contributed by atoms with Crippen LogP contribution in [0.4, 0.5) is 0 Å². The van der Waals surface area contributed by atoms with Crippen molar-refractivity contribution in [2.75, 3.05) is 0 Å². The SMILES string of the molecule is OCc1ccc(OCc2ccc(Cl)cc2Cl)o1. The van der Waals surface area contributed by atoms with Crippen LogP contribution in [0.3, 0.4) is 0 Å². The number of aliphatic hydroxyl groups is 1. The van der Waals surface area contributed by atoms with Crippen molar-refractivity contribution in [2.24, 2.45) is 0 Å². The van der Waals surface area contributed by atoms with E-state index in [1.165, 1.54) is 0 Å². The van der Waals surface area contributed by atoms with Crippen molar-refractivity contribution < 1.29 is 14.3 Å². The van der Waals surface area contributed by atoms with Crippen molar-refractivity contribution in [3.63, 3.8) is 0 Å². The van der Waals surface area contributed by atoms with Gasteiger partial charge in [0.1, 0.15) is 19.0 Å². The third kappa shape index (κ3) is 3.16. The molecule has 0 radical (unpaired) electrons. The van der Waals surface area contributed by atoms with Crippen molar-refractivity contribution in [2.45, 2.75) is 13.2 Å². The van der Waals surface area contributed by atoms with E-state index in [0.717, 1.165) is 5.56 Å². The van der Waals surface area contributed by atoms with Gasteiger partial charge in [0.05, 0.1) is 0 Å². The first-order valence-corrected chi connectivity index (χ1v) is 5.71. The number of furan rings is 1. The average Bonchev–Trinajstić information content (AvgIpc) is 2.76. The molecule has 0 bridgehead atoms. The van der Waals surface area contributed by atoms with Gasteiger partial charge < -0.3 is 14.3 Å². The highest BCUT2D eigenvalue weighted by atomic mass is 35.5. The number of rotatable bonds is 4. The number of ether oxygens (including phenoxy) is 1. The molecule has 1 aromatic heterocycles. The largest absolute Gasteiger partial charge is 0.460 e. The van der Waals surface area contributed by atoms with E-state index < -0.39 is 0 Å². The Morgan fingerprint density at radius 2 is 2.00 bits per heavy atom. The first-order chi connectivity index (χ1) is 8.19. The summed E-state index contributed by atoms with van der Waals surface area (Å²) in [5.74, 6) is 0.808. The van der Waals surface area contributed by atoms with E-state index in [4.69, 9.17) is 37.5 Å². The predicted molar refractivity (Wildman–Crippen MR) is 65.4 cm³/mol. The summed E-state index contributed by atoms with van der Waals surface area (Å²) in [6.07, 6.45) is 0. The highest BCUT2D eigenvalue weighted by Gasteiger charge is 2.05. The summed E-state index contributed by atoms with van der Waals surface area (Å²) in [6.45, 7) is 0.138. The lowest BCUT2D eigenvalue weighted by Crippen LogP contribution is -1.95. The summed E-state index contributed by atoms with van der Waals surface area (Å²) in [4.78, 5) is 0. The van der Waals surface area contributed by atoms with Crippen LogP contribution in [0.25, 0.3) is 0 Å². The van der Waals surface area contributed by atoms with E-state index >= 15 is 0 Å². The maximum Gasteiger partial charge on any atom is 0.284 e. The van der Waals surface area contributed by atoms with E-state index in [-0.39, 0.29) is 13.2 Å². The summed E-state index contributed by atoms with van der Waals surface area (Å²) < 4.78 is 10.6. The molecule has 1 aromatic carbocycles. The Bertz CT molecular complexity index is 508. The van der Waals surface area contributed by atoms with Gasteiger partial charge in [0.15, 0.2) is 0 Å². The van der Waals surface area contributed by atoms with E-state index in [1.54, 1.807) is 30.3 Å². The zero-order valence-corrected chi connectivity index (χ0v) is 10.3. The topological polar surface area (TPSA) is 42.6 Å². The van der Waals surface area contributed by atoms with Gasteiger partial charge in [0.25, 0.3) is 5.95 Å². The van der Waals surface area contributed by atoms with Gasteiger partial charge in [-0.05, 0) is 18.2 Å². The smallest absolute Gasteiger partial charge is 0.284 e. The number of halogens is 2. The van der Waals surface area contributed by atoms with Gasteiger partial charge in [-0.15, -0.1) is 0 Å². The van der Waals surface area contributed by atoms with Crippen LogP contribution in [-0.4, -0.2) is 5.11 Å². The van der Waals surface area contributed by atoms with Crippen LogP contribution in [0.2, 0.25) is 10.0 Å². The molecule has 1 N–H and O–H groups in total. The first-order valence-electron chi connectivity index (χ1n) is 4.95. The van der Waals surface area contributed by atoms with Crippen molar-refractivity contribution in [3.05, 3.63) is 51.7 Å². The average molecular weight is 273 g/mol. The highest BCUT2D eigenvalue weighted by Crippen LogP contribution is 2.23. The quantitative estimate of drug-likeness (QED) is 0.924. The lowest BCUT2D eigenvalue weighted by atomic mass is 10.2. The molecule has 1 heterocycles. The Morgan fingerprint density at radius 1 is 1.18 bits per heavy atom. The monoisotopic (exact) mass is 272 g/mol. The zero-order valence-electron chi connectivity index (χ0n) is 8.82. The Hall–Kier alpha value is -1.16. The molecular weight excluding hydrogens is 263 g/mol. The molecule has 0 aliphatic rings. The minimum atomic E-state index is -0.148. The fraction of sp³-hybridized carbons (Fsp3) is 0.167. The number of benzene rings is 1. The summed E-state index contributed by atoms with van der Waals surface area (Å²) in [5, 5.41) is 9.96. The van der Waals surface area contributed by atoms with Crippen LogP contribution in [0, 0.1) is 0 Å².